The number of aromatic nitrogens is 2. The highest BCUT2D eigenvalue weighted by Crippen LogP contribution is 2.31. The van der Waals surface area contributed by atoms with E-state index in [-0.39, 0.29) is 11.5 Å². The zero-order chi connectivity index (χ0) is 16.2. The quantitative estimate of drug-likeness (QED) is 0.923. The van der Waals surface area contributed by atoms with Gasteiger partial charge in [-0.1, -0.05) is 19.3 Å². The molecule has 0 spiro atoms. The van der Waals surface area contributed by atoms with Crippen molar-refractivity contribution in [1.29, 1.82) is 0 Å². The standard InChI is InChI=1S/C18H27N3O2/c1-13-19-11-16(18(22)23)17(20-13)15-7-9-21(10-8-15)12-14-5-3-2-4-6-14/h11,14-15H,2-10,12H2,1H3,(H,22,23). The number of carbonyl (C=O) groups is 1. The van der Waals surface area contributed by atoms with Crippen LogP contribution in [0.1, 0.15) is 72.7 Å². The summed E-state index contributed by atoms with van der Waals surface area (Å²) >= 11 is 0. The van der Waals surface area contributed by atoms with Gasteiger partial charge in [0.05, 0.1) is 11.3 Å². The highest BCUT2D eigenvalue weighted by Gasteiger charge is 2.27. The number of hydrogen-bond donors (Lipinski definition) is 1. The Labute approximate surface area is 138 Å². The molecule has 0 atom stereocenters. The van der Waals surface area contributed by atoms with Crippen molar-refractivity contribution in [3.63, 3.8) is 0 Å². The summed E-state index contributed by atoms with van der Waals surface area (Å²) in [4.78, 5) is 22.5. The molecule has 1 saturated heterocycles. The molecular weight excluding hydrogens is 290 g/mol. The predicted molar refractivity (Wildman–Crippen MR) is 88.7 cm³/mol. The van der Waals surface area contributed by atoms with Crippen LogP contribution in [0.15, 0.2) is 6.20 Å². The van der Waals surface area contributed by atoms with E-state index in [4.69, 9.17) is 0 Å². The fourth-order valence-corrected chi connectivity index (χ4v) is 4.09. The summed E-state index contributed by atoms with van der Waals surface area (Å²) in [5, 5.41) is 9.37. The zero-order valence-electron chi connectivity index (χ0n) is 14.0. The molecule has 5 nitrogen and oxygen atoms in total. The molecule has 1 aromatic rings. The molecule has 1 aliphatic heterocycles. The molecule has 1 N–H and O–H groups in total. The lowest BCUT2D eigenvalue weighted by atomic mass is 9.87. The van der Waals surface area contributed by atoms with Gasteiger partial charge in [-0.2, -0.15) is 0 Å². The minimum absolute atomic E-state index is 0.255. The van der Waals surface area contributed by atoms with Crippen LogP contribution in [0, 0.1) is 12.8 Å². The number of carboxylic acid groups (broad SMARTS) is 1. The Morgan fingerprint density at radius 3 is 2.57 bits per heavy atom. The van der Waals surface area contributed by atoms with E-state index in [1.165, 1.54) is 44.8 Å². The molecule has 1 aliphatic carbocycles. The molecule has 0 bridgehead atoms. The van der Waals surface area contributed by atoms with Crippen LogP contribution in [0.25, 0.3) is 0 Å². The van der Waals surface area contributed by atoms with Crippen molar-refractivity contribution in [2.75, 3.05) is 19.6 Å². The smallest absolute Gasteiger partial charge is 0.339 e. The van der Waals surface area contributed by atoms with Gasteiger partial charge in [0.15, 0.2) is 0 Å². The third kappa shape index (κ3) is 4.08. The highest BCUT2D eigenvalue weighted by molar-refractivity contribution is 5.88. The summed E-state index contributed by atoms with van der Waals surface area (Å²) < 4.78 is 0. The Morgan fingerprint density at radius 1 is 1.22 bits per heavy atom. The van der Waals surface area contributed by atoms with Crippen LogP contribution < -0.4 is 0 Å². The minimum atomic E-state index is -0.912. The second kappa shape index (κ2) is 7.39. The van der Waals surface area contributed by atoms with Crippen molar-refractivity contribution in [2.24, 2.45) is 5.92 Å². The second-order valence-corrected chi connectivity index (χ2v) is 7.10. The van der Waals surface area contributed by atoms with Gasteiger partial charge in [0.25, 0.3) is 0 Å². The van der Waals surface area contributed by atoms with Gasteiger partial charge in [-0.3, -0.25) is 0 Å². The first-order valence-electron chi connectivity index (χ1n) is 8.92. The summed E-state index contributed by atoms with van der Waals surface area (Å²) in [5.74, 6) is 0.876. The van der Waals surface area contributed by atoms with E-state index in [9.17, 15) is 9.90 Å². The molecule has 126 valence electrons. The number of aromatic carboxylic acids is 1. The fraction of sp³-hybridized carbons (Fsp3) is 0.722. The van der Waals surface area contributed by atoms with Gasteiger partial charge < -0.3 is 10.0 Å². The van der Waals surface area contributed by atoms with Gasteiger partial charge in [0, 0.05) is 18.7 Å². The van der Waals surface area contributed by atoms with Gasteiger partial charge in [0.2, 0.25) is 0 Å². The SMILES string of the molecule is Cc1ncc(C(=O)O)c(C2CCN(CC3CCCCC3)CC2)n1. The van der Waals surface area contributed by atoms with E-state index >= 15 is 0 Å². The maximum absolute atomic E-state index is 11.4. The molecule has 3 rings (SSSR count). The first-order chi connectivity index (χ1) is 11.1. The molecule has 2 aliphatic rings. The highest BCUT2D eigenvalue weighted by atomic mass is 16.4. The Kier molecular flexibility index (Phi) is 5.26. The monoisotopic (exact) mass is 317 g/mol. The molecule has 0 amide bonds. The number of carboxylic acids is 1. The molecule has 0 radical (unpaired) electrons. The molecule has 2 heterocycles. The summed E-state index contributed by atoms with van der Waals surface area (Å²) in [6.45, 7) is 5.17. The molecule has 2 fully saturated rings. The van der Waals surface area contributed by atoms with Gasteiger partial charge in [-0.15, -0.1) is 0 Å². The van der Waals surface area contributed by atoms with Crippen molar-refractivity contribution in [3.8, 4) is 0 Å². The van der Waals surface area contributed by atoms with Crippen LogP contribution in [0.4, 0.5) is 0 Å². The normalized spacial score (nSPS) is 21.4. The van der Waals surface area contributed by atoms with Crippen LogP contribution >= 0.6 is 0 Å². The van der Waals surface area contributed by atoms with Gasteiger partial charge >= 0.3 is 5.97 Å². The van der Waals surface area contributed by atoms with E-state index in [1.807, 2.05) is 6.92 Å². The van der Waals surface area contributed by atoms with Gasteiger partial charge in [0.1, 0.15) is 5.82 Å². The summed E-state index contributed by atoms with van der Waals surface area (Å²) in [5.41, 5.74) is 1.02. The topological polar surface area (TPSA) is 66.3 Å². The summed E-state index contributed by atoms with van der Waals surface area (Å²) in [6, 6.07) is 0. The first-order valence-corrected chi connectivity index (χ1v) is 8.92. The number of piperidine rings is 1. The van der Waals surface area contributed by atoms with Crippen molar-refractivity contribution in [2.45, 2.75) is 57.8 Å². The maximum Gasteiger partial charge on any atom is 0.339 e. The zero-order valence-corrected chi connectivity index (χ0v) is 14.0. The Balaban J connectivity index is 1.60. The molecule has 0 unspecified atom stereocenters. The molecule has 23 heavy (non-hydrogen) atoms. The van der Waals surface area contributed by atoms with Crippen molar-refractivity contribution < 1.29 is 9.90 Å². The van der Waals surface area contributed by atoms with Crippen LogP contribution in [0.2, 0.25) is 0 Å². The third-order valence-corrected chi connectivity index (χ3v) is 5.38. The number of likely N-dealkylation sites (tertiary alicyclic amines) is 1. The maximum atomic E-state index is 11.4. The average Bonchev–Trinajstić information content (AvgIpc) is 2.56. The van der Waals surface area contributed by atoms with Crippen LogP contribution in [-0.4, -0.2) is 45.6 Å². The van der Waals surface area contributed by atoms with Gasteiger partial charge in [-0.25, -0.2) is 14.8 Å². The van der Waals surface area contributed by atoms with Gasteiger partial charge in [-0.05, 0) is 51.6 Å². The lowest BCUT2D eigenvalue weighted by Crippen LogP contribution is -2.37. The molecule has 5 heteroatoms. The average molecular weight is 317 g/mol. The third-order valence-electron chi connectivity index (χ3n) is 5.38. The first kappa shape index (κ1) is 16.4. The van der Waals surface area contributed by atoms with Crippen molar-refractivity contribution in [3.05, 3.63) is 23.3 Å². The van der Waals surface area contributed by atoms with E-state index in [0.29, 0.717) is 5.82 Å². The minimum Gasteiger partial charge on any atom is -0.478 e. The number of aryl methyl sites for hydroxylation is 1. The lowest BCUT2D eigenvalue weighted by Gasteiger charge is -2.35. The number of rotatable bonds is 4. The largest absolute Gasteiger partial charge is 0.478 e. The fourth-order valence-electron chi connectivity index (χ4n) is 4.09. The Hall–Kier alpha value is -1.49. The van der Waals surface area contributed by atoms with E-state index < -0.39 is 5.97 Å². The summed E-state index contributed by atoms with van der Waals surface area (Å²) in [6.07, 6.45) is 10.4. The van der Waals surface area contributed by atoms with E-state index in [0.717, 1.165) is 37.5 Å². The predicted octanol–water partition coefficient (Wildman–Crippen LogP) is 3.24. The van der Waals surface area contributed by atoms with Crippen LogP contribution in [-0.2, 0) is 0 Å². The Bertz CT molecular complexity index is 547. The molecule has 1 aromatic heterocycles. The van der Waals surface area contributed by atoms with Crippen LogP contribution in [0.5, 0.6) is 0 Å². The number of hydrogen-bond acceptors (Lipinski definition) is 4. The Morgan fingerprint density at radius 2 is 1.91 bits per heavy atom. The summed E-state index contributed by atoms with van der Waals surface area (Å²) in [7, 11) is 0. The molecular formula is C18H27N3O2. The lowest BCUT2D eigenvalue weighted by molar-refractivity contribution is 0.0692. The molecule has 0 aromatic carbocycles. The van der Waals surface area contributed by atoms with Crippen molar-refractivity contribution in [1.82, 2.24) is 14.9 Å². The number of nitrogens with zero attached hydrogens (tertiary/aromatic N) is 3. The second-order valence-electron chi connectivity index (χ2n) is 7.10. The van der Waals surface area contributed by atoms with Crippen LogP contribution in [0.3, 0.4) is 0 Å². The molecule has 1 saturated carbocycles. The van der Waals surface area contributed by atoms with Crippen molar-refractivity contribution >= 4 is 5.97 Å². The van der Waals surface area contributed by atoms with E-state index in [1.54, 1.807) is 0 Å². The van der Waals surface area contributed by atoms with E-state index in [2.05, 4.69) is 14.9 Å².